The quantitative estimate of drug-likeness (QED) is 0.624. The van der Waals surface area contributed by atoms with E-state index in [2.05, 4.69) is 10.1 Å². The number of halogens is 1. The monoisotopic (exact) mass is 289 g/mol. The van der Waals surface area contributed by atoms with Gasteiger partial charge in [-0.2, -0.15) is 9.49 Å². The summed E-state index contributed by atoms with van der Waals surface area (Å²) in [5.41, 5.74) is 0.435. The smallest absolute Gasteiger partial charge is 0.398 e. The maximum atomic E-state index is 13.2. The van der Waals surface area contributed by atoms with E-state index in [0.29, 0.717) is 11.3 Å². The summed E-state index contributed by atoms with van der Waals surface area (Å²) in [6.07, 6.45) is 3.15. The molecule has 0 N–H and O–H groups in total. The van der Waals surface area contributed by atoms with Gasteiger partial charge in [0.1, 0.15) is 0 Å². The molecule has 0 aliphatic carbocycles. The fraction of sp³-hybridized carbons (Fsp3) is 0.429. The van der Waals surface area contributed by atoms with E-state index in [-0.39, 0.29) is 0 Å². The Morgan fingerprint density at radius 1 is 1.14 bits per heavy atom. The molecule has 0 atom stereocenters. The predicted octanol–water partition coefficient (Wildman–Crippen LogP) is 1.71. The van der Waals surface area contributed by atoms with E-state index in [1.165, 1.54) is 12.3 Å². The summed E-state index contributed by atoms with van der Waals surface area (Å²) in [5.74, 6) is -0.541. The maximum absolute atomic E-state index is 13.2. The lowest BCUT2D eigenvalue weighted by Crippen LogP contribution is -2.41. The number of hydrogen-bond donors (Lipinski definition) is 0. The van der Waals surface area contributed by atoms with Gasteiger partial charge >= 0.3 is 7.12 Å². The molecule has 5 nitrogen and oxygen atoms in total. The number of rotatable bonds is 2. The van der Waals surface area contributed by atoms with Crippen LogP contribution in [0.4, 0.5) is 4.39 Å². The fourth-order valence-electron chi connectivity index (χ4n) is 2.11. The van der Waals surface area contributed by atoms with Crippen LogP contribution >= 0.6 is 0 Å². The number of hydrogen-bond acceptors (Lipinski definition) is 4. The summed E-state index contributed by atoms with van der Waals surface area (Å²) in [6, 6.07) is 4.81. The average Bonchev–Trinajstić information content (AvgIpc) is 2.93. The minimum atomic E-state index is -0.541. The van der Waals surface area contributed by atoms with Crippen LogP contribution in [0.15, 0.2) is 30.6 Å². The molecule has 1 fully saturated rings. The molecule has 0 bridgehead atoms. The maximum Gasteiger partial charge on any atom is 0.516 e. The summed E-state index contributed by atoms with van der Waals surface area (Å²) in [4.78, 5) is 3.53. The van der Waals surface area contributed by atoms with Gasteiger partial charge in [-0.1, -0.05) is 0 Å². The molecule has 110 valence electrons. The number of pyridine rings is 1. The fourth-order valence-corrected chi connectivity index (χ4v) is 2.11. The van der Waals surface area contributed by atoms with Gasteiger partial charge in [-0.3, -0.25) is 0 Å². The van der Waals surface area contributed by atoms with Crippen molar-refractivity contribution in [3.8, 4) is 5.69 Å². The van der Waals surface area contributed by atoms with E-state index in [4.69, 9.17) is 9.31 Å². The van der Waals surface area contributed by atoms with Crippen LogP contribution in [0, 0.1) is 5.95 Å². The highest BCUT2D eigenvalue weighted by molar-refractivity contribution is 6.61. The van der Waals surface area contributed by atoms with E-state index in [1.807, 2.05) is 27.7 Å². The molecule has 0 saturated carbocycles. The van der Waals surface area contributed by atoms with E-state index < -0.39 is 24.3 Å². The molecule has 21 heavy (non-hydrogen) atoms. The highest BCUT2D eigenvalue weighted by Crippen LogP contribution is 2.36. The molecule has 0 spiro atoms. The molecule has 0 radical (unpaired) electrons. The average molecular weight is 289 g/mol. The summed E-state index contributed by atoms with van der Waals surface area (Å²) in [6.45, 7) is 7.95. The zero-order valence-electron chi connectivity index (χ0n) is 12.5. The van der Waals surface area contributed by atoms with Gasteiger partial charge in [0.25, 0.3) is 0 Å². The SMILES string of the molecule is CC1(C)OB(c2ccn(-c3ccnc(F)c3)n2)OC1(C)C. The normalized spacial score (nSPS) is 20.0. The topological polar surface area (TPSA) is 49.2 Å². The first kappa shape index (κ1) is 14.2. The third kappa shape index (κ3) is 2.47. The highest BCUT2D eigenvalue weighted by Gasteiger charge is 2.52. The summed E-state index contributed by atoms with van der Waals surface area (Å²) in [7, 11) is -0.525. The molecule has 1 aliphatic rings. The van der Waals surface area contributed by atoms with Gasteiger partial charge in [-0.25, -0.2) is 9.67 Å². The zero-order valence-corrected chi connectivity index (χ0v) is 12.5. The number of nitrogens with zero attached hydrogens (tertiary/aromatic N) is 3. The Hall–Kier alpha value is -1.73. The Bertz CT molecular complexity index is 656. The lowest BCUT2D eigenvalue weighted by molar-refractivity contribution is 0.00578. The van der Waals surface area contributed by atoms with Crippen molar-refractivity contribution in [3.63, 3.8) is 0 Å². The molecule has 3 rings (SSSR count). The molecule has 0 unspecified atom stereocenters. The van der Waals surface area contributed by atoms with E-state index in [9.17, 15) is 4.39 Å². The lowest BCUT2D eigenvalue weighted by atomic mass is 9.85. The van der Waals surface area contributed by atoms with Crippen LogP contribution in [0.25, 0.3) is 5.69 Å². The van der Waals surface area contributed by atoms with E-state index in [1.54, 1.807) is 23.0 Å². The first-order chi connectivity index (χ1) is 9.78. The minimum absolute atomic E-state index is 0.412. The molecular formula is C14H17BFN3O2. The number of aromatic nitrogens is 3. The first-order valence-electron chi connectivity index (χ1n) is 6.82. The second-order valence-electron chi connectivity index (χ2n) is 6.11. The molecule has 7 heteroatoms. The Kier molecular flexibility index (Phi) is 3.14. The second kappa shape index (κ2) is 4.64. The van der Waals surface area contributed by atoms with Crippen LogP contribution < -0.4 is 5.59 Å². The van der Waals surface area contributed by atoms with Gasteiger partial charge < -0.3 is 9.31 Å². The second-order valence-corrected chi connectivity index (χ2v) is 6.11. The van der Waals surface area contributed by atoms with Crippen molar-refractivity contribution in [1.82, 2.24) is 14.8 Å². The lowest BCUT2D eigenvalue weighted by Gasteiger charge is -2.32. The van der Waals surface area contributed by atoms with Crippen molar-refractivity contribution in [3.05, 3.63) is 36.5 Å². The van der Waals surface area contributed by atoms with Crippen molar-refractivity contribution < 1.29 is 13.7 Å². The van der Waals surface area contributed by atoms with Gasteiger partial charge in [-0.05, 0) is 39.8 Å². The Balaban J connectivity index is 1.87. The summed E-state index contributed by atoms with van der Waals surface area (Å²) < 4.78 is 26.6. The van der Waals surface area contributed by atoms with Gasteiger partial charge in [0.2, 0.25) is 5.95 Å². The van der Waals surface area contributed by atoms with Gasteiger partial charge in [-0.15, -0.1) is 0 Å². The van der Waals surface area contributed by atoms with Crippen LogP contribution in [0.5, 0.6) is 0 Å². The third-order valence-electron chi connectivity index (χ3n) is 4.08. The van der Waals surface area contributed by atoms with E-state index >= 15 is 0 Å². The molecule has 1 saturated heterocycles. The van der Waals surface area contributed by atoms with Crippen molar-refractivity contribution >= 4 is 12.7 Å². The summed E-state index contributed by atoms with van der Waals surface area (Å²) >= 11 is 0. The van der Waals surface area contributed by atoms with Gasteiger partial charge in [0, 0.05) is 18.5 Å². The third-order valence-corrected chi connectivity index (χ3v) is 4.08. The summed E-state index contributed by atoms with van der Waals surface area (Å²) in [5, 5.41) is 4.41. The van der Waals surface area contributed by atoms with Crippen LogP contribution in [0.2, 0.25) is 0 Å². The van der Waals surface area contributed by atoms with Gasteiger partial charge in [0.15, 0.2) is 0 Å². The molecular weight excluding hydrogens is 272 g/mol. The highest BCUT2D eigenvalue weighted by atomic mass is 19.1. The molecule has 2 aromatic rings. The predicted molar refractivity (Wildman–Crippen MR) is 77.0 cm³/mol. The molecule has 3 heterocycles. The first-order valence-corrected chi connectivity index (χ1v) is 6.82. The molecule has 2 aromatic heterocycles. The Morgan fingerprint density at radius 3 is 2.43 bits per heavy atom. The van der Waals surface area contributed by atoms with E-state index in [0.717, 1.165) is 0 Å². The zero-order chi connectivity index (χ0) is 15.3. The minimum Gasteiger partial charge on any atom is -0.398 e. The van der Waals surface area contributed by atoms with Crippen molar-refractivity contribution in [2.45, 2.75) is 38.9 Å². The van der Waals surface area contributed by atoms with Crippen LogP contribution in [-0.4, -0.2) is 33.1 Å². The molecule has 1 aliphatic heterocycles. The Labute approximate surface area is 123 Å². The van der Waals surface area contributed by atoms with Crippen LogP contribution in [-0.2, 0) is 9.31 Å². The Morgan fingerprint density at radius 2 is 1.81 bits per heavy atom. The van der Waals surface area contributed by atoms with Crippen molar-refractivity contribution in [1.29, 1.82) is 0 Å². The standard InChI is InChI=1S/C14H17BFN3O2/c1-13(2)14(3,4)21-15(20-13)11-6-8-19(18-11)10-5-7-17-12(16)9-10/h5-9H,1-4H3. The van der Waals surface area contributed by atoms with Gasteiger partial charge in [0.05, 0.1) is 22.5 Å². The largest absolute Gasteiger partial charge is 0.516 e. The van der Waals surface area contributed by atoms with Crippen molar-refractivity contribution in [2.24, 2.45) is 0 Å². The van der Waals surface area contributed by atoms with Crippen molar-refractivity contribution in [2.75, 3.05) is 0 Å². The molecule has 0 aromatic carbocycles. The molecule has 0 amide bonds. The van der Waals surface area contributed by atoms with Crippen LogP contribution in [0.1, 0.15) is 27.7 Å². The van der Waals surface area contributed by atoms with Crippen LogP contribution in [0.3, 0.4) is 0 Å².